The van der Waals surface area contributed by atoms with Gasteiger partial charge in [-0.05, 0) is 48.7 Å². The van der Waals surface area contributed by atoms with Gasteiger partial charge in [0, 0.05) is 10.6 Å². The van der Waals surface area contributed by atoms with E-state index in [0.29, 0.717) is 10.6 Å². The van der Waals surface area contributed by atoms with Crippen molar-refractivity contribution in [1.29, 1.82) is 0 Å². The van der Waals surface area contributed by atoms with Crippen molar-refractivity contribution in [2.45, 2.75) is 26.3 Å². The molecule has 2 aromatic carbocycles. The van der Waals surface area contributed by atoms with Crippen LogP contribution in [-0.2, 0) is 9.53 Å². The summed E-state index contributed by atoms with van der Waals surface area (Å²) in [5.74, 6) is -2.23. The van der Waals surface area contributed by atoms with E-state index in [1.54, 1.807) is 36.4 Å². The van der Waals surface area contributed by atoms with Crippen molar-refractivity contribution in [3.63, 3.8) is 0 Å². The van der Waals surface area contributed by atoms with Crippen LogP contribution in [0.25, 0.3) is 0 Å². The van der Waals surface area contributed by atoms with Crippen LogP contribution in [0, 0.1) is 5.92 Å². The fraction of sp³-hybridized carbons (Fsp3) is 0.273. The number of hydrogen-bond donors (Lipinski definition) is 0. The SMILES string of the molecule is CC(C)C[C@@H](C(=O)OCC(=O)c1ccc(Cl)cc1)N1C(=O)c2ccccc2C1=O. The van der Waals surface area contributed by atoms with Gasteiger partial charge in [0.05, 0.1) is 11.1 Å². The molecule has 0 radical (unpaired) electrons. The lowest BCUT2D eigenvalue weighted by Gasteiger charge is -2.25. The second-order valence-electron chi connectivity index (χ2n) is 7.21. The highest BCUT2D eigenvalue weighted by atomic mass is 35.5. The number of carbonyl (C=O) groups is 4. The molecule has 3 rings (SSSR count). The summed E-state index contributed by atoms with van der Waals surface area (Å²) in [7, 11) is 0. The number of fused-ring (bicyclic) bond motifs is 1. The molecule has 2 amide bonds. The van der Waals surface area contributed by atoms with E-state index >= 15 is 0 Å². The van der Waals surface area contributed by atoms with Crippen LogP contribution in [0.5, 0.6) is 0 Å². The monoisotopic (exact) mass is 413 g/mol. The van der Waals surface area contributed by atoms with Gasteiger partial charge in [0.15, 0.2) is 12.4 Å². The highest BCUT2D eigenvalue weighted by Crippen LogP contribution is 2.27. The topological polar surface area (TPSA) is 80.8 Å². The van der Waals surface area contributed by atoms with E-state index in [1.807, 2.05) is 13.8 Å². The van der Waals surface area contributed by atoms with Crippen molar-refractivity contribution in [3.05, 3.63) is 70.2 Å². The smallest absolute Gasteiger partial charge is 0.329 e. The van der Waals surface area contributed by atoms with Crippen LogP contribution in [0.1, 0.15) is 51.3 Å². The molecule has 1 aliphatic rings. The highest BCUT2D eigenvalue weighted by Gasteiger charge is 2.43. The minimum Gasteiger partial charge on any atom is -0.456 e. The maximum absolute atomic E-state index is 12.8. The lowest BCUT2D eigenvalue weighted by atomic mass is 10.0. The molecule has 0 saturated carbocycles. The number of imide groups is 1. The molecule has 1 heterocycles. The van der Waals surface area contributed by atoms with Crippen LogP contribution in [0.3, 0.4) is 0 Å². The number of amides is 2. The summed E-state index contributed by atoms with van der Waals surface area (Å²) in [6.45, 7) is 3.26. The molecule has 2 aromatic rings. The number of hydrogen-bond acceptors (Lipinski definition) is 5. The number of carbonyl (C=O) groups excluding carboxylic acids is 4. The Hall–Kier alpha value is -2.99. The van der Waals surface area contributed by atoms with Crippen molar-refractivity contribution in [2.24, 2.45) is 5.92 Å². The van der Waals surface area contributed by atoms with Crippen molar-refractivity contribution in [1.82, 2.24) is 4.90 Å². The van der Waals surface area contributed by atoms with Crippen LogP contribution in [-0.4, -0.2) is 41.1 Å². The van der Waals surface area contributed by atoms with Gasteiger partial charge in [-0.15, -0.1) is 0 Å². The summed E-state index contributed by atoms with van der Waals surface area (Å²) in [6.07, 6.45) is 0.236. The number of Topliss-reactive ketones (excluding diaryl/α,β-unsaturated/α-hetero) is 1. The average molecular weight is 414 g/mol. The third kappa shape index (κ3) is 4.38. The van der Waals surface area contributed by atoms with Gasteiger partial charge in [-0.25, -0.2) is 4.79 Å². The van der Waals surface area contributed by atoms with E-state index in [0.717, 1.165) is 4.90 Å². The second-order valence-corrected chi connectivity index (χ2v) is 7.65. The Balaban J connectivity index is 1.76. The van der Waals surface area contributed by atoms with Gasteiger partial charge in [0.2, 0.25) is 0 Å². The fourth-order valence-electron chi connectivity index (χ4n) is 3.20. The normalized spacial score (nSPS) is 14.1. The maximum atomic E-state index is 12.8. The molecule has 0 N–H and O–H groups in total. The van der Waals surface area contributed by atoms with E-state index in [4.69, 9.17) is 16.3 Å². The summed E-state index contributed by atoms with van der Waals surface area (Å²) >= 11 is 5.81. The van der Waals surface area contributed by atoms with Gasteiger partial charge in [-0.3, -0.25) is 19.3 Å². The zero-order chi connectivity index (χ0) is 21.1. The van der Waals surface area contributed by atoms with Crippen molar-refractivity contribution < 1.29 is 23.9 Å². The van der Waals surface area contributed by atoms with E-state index in [2.05, 4.69) is 0 Å². The third-order valence-electron chi connectivity index (χ3n) is 4.62. The van der Waals surface area contributed by atoms with Crippen LogP contribution in [0.2, 0.25) is 5.02 Å². The van der Waals surface area contributed by atoms with Crippen LogP contribution >= 0.6 is 11.6 Å². The molecule has 0 fully saturated rings. The number of nitrogens with zero attached hydrogens (tertiary/aromatic N) is 1. The average Bonchev–Trinajstić information content (AvgIpc) is 2.95. The molecule has 7 heteroatoms. The maximum Gasteiger partial charge on any atom is 0.329 e. The molecule has 0 saturated heterocycles. The van der Waals surface area contributed by atoms with E-state index in [9.17, 15) is 19.2 Å². The summed E-state index contributed by atoms with van der Waals surface area (Å²) in [6, 6.07) is 11.5. The quantitative estimate of drug-likeness (QED) is 0.392. The molecule has 6 nitrogen and oxygen atoms in total. The molecule has 150 valence electrons. The molecule has 1 aliphatic heterocycles. The Morgan fingerprint density at radius 1 is 0.966 bits per heavy atom. The standard InChI is InChI=1S/C22H20ClNO5/c1-13(2)11-18(24-20(26)16-5-3-4-6-17(16)21(24)27)22(28)29-12-19(25)14-7-9-15(23)10-8-14/h3-10,13,18H,11-12H2,1-2H3/t18-/m0/s1. The second kappa shape index (κ2) is 8.57. The first-order chi connectivity index (χ1) is 13.8. The van der Waals surface area contributed by atoms with E-state index in [1.165, 1.54) is 12.1 Å². The molecule has 1 atom stereocenters. The Labute approximate surface area is 173 Å². The van der Waals surface area contributed by atoms with Crippen molar-refractivity contribution >= 4 is 35.2 Å². The van der Waals surface area contributed by atoms with E-state index in [-0.39, 0.29) is 23.5 Å². The third-order valence-corrected chi connectivity index (χ3v) is 4.87. The van der Waals surface area contributed by atoms with Crippen LogP contribution < -0.4 is 0 Å². The molecular weight excluding hydrogens is 394 g/mol. The first-order valence-electron chi connectivity index (χ1n) is 9.22. The number of benzene rings is 2. The van der Waals surface area contributed by atoms with Gasteiger partial charge in [0.1, 0.15) is 6.04 Å². The number of halogens is 1. The number of ketones is 1. The first-order valence-corrected chi connectivity index (χ1v) is 9.59. The zero-order valence-corrected chi connectivity index (χ0v) is 16.8. The molecular formula is C22H20ClNO5. The number of ether oxygens (including phenoxy) is 1. The molecule has 0 unspecified atom stereocenters. The van der Waals surface area contributed by atoms with Crippen molar-refractivity contribution in [2.75, 3.05) is 6.61 Å². The Morgan fingerprint density at radius 2 is 1.52 bits per heavy atom. The zero-order valence-electron chi connectivity index (χ0n) is 16.1. The first kappa shape index (κ1) is 20.7. The Bertz CT molecular complexity index is 932. The minimum absolute atomic E-state index is 0.0174. The Kier molecular flexibility index (Phi) is 6.13. The molecule has 0 aliphatic carbocycles. The lowest BCUT2D eigenvalue weighted by molar-refractivity contribution is -0.147. The summed E-state index contributed by atoms with van der Waals surface area (Å²) in [5.41, 5.74) is 0.871. The Morgan fingerprint density at radius 3 is 2.03 bits per heavy atom. The largest absolute Gasteiger partial charge is 0.456 e. The lowest BCUT2D eigenvalue weighted by Crippen LogP contribution is -2.46. The van der Waals surface area contributed by atoms with E-state index < -0.39 is 36.2 Å². The molecule has 0 spiro atoms. The predicted molar refractivity (Wildman–Crippen MR) is 107 cm³/mol. The van der Waals surface area contributed by atoms with Crippen LogP contribution in [0.4, 0.5) is 0 Å². The number of rotatable bonds is 7. The molecule has 29 heavy (non-hydrogen) atoms. The predicted octanol–water partition coefficient (Wildman–Crippen LogP) is 3.78. The summed E-state index contributed by atoms with van der Waals surface area (Å²) in [5, 5.41) is 0.487. The number of esters is 1. The highest BCUT2D eigenvalue weighted by molar-refractivity contribution is 6.30. The van der Waals surface area contributed by atoms with Gasteiger partial charge < -0.3 is 4.74 Å². The summed E-state index contributed by atoms with van der Waals surface area (Å²) in [4.78, 5) is 51.5. The molecule has 0 aromatic heterocycles. The minimum atomic E-state index is -1.10. The fourth-order valence-corrected chi connectivity index (χ4v) is 3.32. The molecule has 0 bridgehead atoms. The van der Waals surface area contributed by atoms with Crippen molar-refractivity contribution in [3.8, 4) is 0 Å². The van der Waals surface area contributed by atoms with Gasteiger partial charge in [-0.1, -0.05) is 37.6 Å². The van der Waals surface area contributed by atoms with Gasteiger partial charge in [0.25, 0.3) is 11.8 Å². The summed E-state index contributed by atoms with van der Waals surface area (Å²) < 4.78 is 5.19. The van der Waals surface area contributed by atoms with Crippen LogP contribution in [0.15, 0.2) is 48.5 Å². The van der Waals surface area contributed by atoms with Gasteiger partial charge in [-0.2, -0.15) is 0 Å². The van der Waals surface area contributed by atoms with Gasteiger partial charge >= 0.3 is 5.97 Å².